The van der Waals surface area contributed by atoms with Crippen LogP contribution in [0.2, 0.25) is 0 Å². The summed E-state index contributed by atoms with van der Waals surface area (Å²) in [5, 5.41) is 0. The quantitative estimate of drug-likeness (QED) is 0.378. The number of carbonyl (C=O) groups excluding carboxylic acids is 1. The molecule has 0 rings (SSSR count). The molecular weight excluding hydrogens is 184 g/mol. The van der Waals surface area contributed by atoms with Gasteiger partial charge in [0.15, 0.2) is 0 Å². The van der Waals surface area contributed by atoms with Crippen molar-refractivity contribution in [2.24, 2.45) is 0 Å². The Morgan fingerprint density at radius 2 is 1.53 bits per heavy atom. The van der Waals surface area contributed by atoms with Crippen LogP contribution in [0, 0.1) is 0 Å². The fourth-order valence-corrected chi connectivity index (χ4v) is 1.57. The van der Waals surface area contributed by atoms with Crippen molar-refractivity contribution in [3.05, 3.63) is 12.2 Å². The van der Waals surface area contributed by atoms with Gasteiger partial charge in [0.05, 0.1) is 0 Å². The fraction of sp³-hybridized carbons (Fsp3) is 0.786. The molecule has 0 radical (unpaired) electrons. The number of allylic oxidation sites excluding steroid dienone is 2. The zero-order valence-corrected chi connectivity index (χ0v) is 10.4. The van der Waals surface area contributed by atoms with Crippen molar-refractivity contribution in [2.45, 2.75) is 71.6 Å². The Morgan fingerprint density at radius 3 is 2.13 bits per heavy atom. The molecule has 0 amide bonds. The van der Waals surface area contributed by atoms with E-state index in [4.69, 9.17) is 0 Å². The van der Waals surface area contributed by atoms with Gasteiger partial charge < -0.3 is 4.79 Å². The van der Waals surface area contributed by atoms with Crippen LogP contribution in [0.4, 0.5) is 0 Å². The fourth-order valence-electron chi connectivity index (χ4n) is 1.57. The summed E-state index contributed by atoms with van der Waals surface area (Å²) < 4.78 is 0. The number of hydrogen-bond acceptors (Lipinski definition) is 1. The molecule has 0 aliphatic rings. The summed E-state index contributed by atoms with van der Waals surface area (Å²) in [6.45, 7) is 3.91. The number of carbonyl (C=O) groups is 1. The maximum Gasteiger partial charge on any atom is 0.129 e. The van der Waals surface area contributed by atoms with Crippen molar-refractivity contribution in [3.8, 4) is 0 Å². The third-order valence-corrected chi connectivity index (χ3v) is 2.54. The molecular formula is C14H26O. The highest BCUT2D eigenvalue weighted by molar-refractivity contribution is 5.75. The lowest BCUT2D eigenvalue weighted by Crippen LogP contribution is -1.87. The normalized spacial score (nSPS) is 11.1. The number of Topliss-reactive ketones (excluding diaryl/α,β-unsaturated/α-hetero) is 1. The predicted octanol–water partition coefficient (Wildman–Crippen LogP) is 4.66. The first-order chi connectivity index (χ1) is 7.27. The maximum absolute atomic E-state index is 10.7. The van der Waals surface area contributed by atoms with E-state index in [-0.39, 0.29) is 0 Å². The van der Waals surface area contributed by atoms with Gasteiger partial charge in [-0.3, -0.25) is 0 Å². The van der Waals surface area contributed by atoms with Crippen molar-refractivity contribution >= 4 is 5.78 Å². The van der Waals surface area contributed by atoms with Crippen LogP contribution in [0.5, 0.6) is 0 Å². The molecule has 0 heterocycles. The van der Waals surface area contributed by atoms with Gasteiger partial charge in [0.25, 0.3) is 0 Å². The van der Waals surface area contributed by atoms with Crippen molar-refractivity contribution in [1.29, 1.82) is 0 Å². The Hall–Kier alpha value is -0.590. The standard InChI is InChI=1S/C14H26O/c1-3-4-5-6-7-8-9-10-11-12-13-14(2)15/h9-10H,3-8,11-13H2,1-2H3. The second kappa shape index (κ2) is 11.5. The first-order valence-corrected chi connectivity index (χ1v) is 6.41. The summed E-state index contributed by atoms with van der Waals surface area (Å²) in [5.41, 5.74) is 0. The van der Waals surface area contributed by atoms with Crippen LogP contribution in [0.1, 0.15) is 71.6 Å². The predicted molar refractivity (Wildman–Crippen MR) is 67.0 cm³/mol. The second-order valence-electron chi connectivity index (χ2n) is 4.27. The van der Waals surface area contributed by atoms with E-state index in [2.05, 4.69) is 19.1 Å². The average molecular weight is 210 g/mol. The molecule has 0 bridgehead atoms. The number of unbranched alkanes of at least 4 members (excludes halogenated alkanes) is 6. The van der Waals surface area contributed by atoms with Crippen LogP contribution in [0.25, 0.3) is 0 Å². The largest absolute Gasteiger partial charge is 0.300 e. The van der Waals surface area contributed by atoms with E-state index in [1.165, 1.54) is 38.5 Å². The summed E-state index contributed by atoms with van der Waals surface area (Å²) in [5.74, 6) is 0.308. The van der Waals surface area contributed by atoms with Crippen LogP contribution in [0.15, 0.2) is 12.2 Å². The van der Waals surface area contributed by atoms with Gasteiger partial charge in [-0.05, 0) is 32.6 Å². The minimum absolute atomic E-state index is 0.308. The summed E-state index contributed by atoms with van der Waals surface area (Å²) in [6.07, 6.45) is 15.3. The molecule has 0 aromatic rings. The smallest absolute Gasteiger partial charge is 0.129 e. The van der Waals surface area contributed by atoms with E-state index in [1.54, 1.807) is 6.92 Å². The monoisotopic (exact) mass is 210 g/mol. The Kier molecular flexibility index (Phi) is 11.0. The first kappa shape index (κ1) is 14.4. The molecule has 0 N–H and O–H groups in total. The first-order valence-electron chi connectivity index (χ1n) is 6.41. The van der Waals surface area contributed by atoms with Crippen LogP contribution in [-0.2, 0) is 4.79 Å². The van der Waals surface area contributed by atoms with Gasteiger partial charge in [-0.15, -0.1) is 0 Å². The van der Waals surface area contributed by atoms with Gasteiger partial charge in [-0.2, -0.15) is 0 Å². The number of ketones is 1. The summed E-state index contributed by atoms with van der Waals surface area (Å²) in [6, 6.07) is 0. The summed E-state index contributed by atoms with van der Waals surface area (Å²) >= 11 is 0. The lowest BCUT2D eigenvalue weighted by atomic mass is 10.1. The zero-order chi connectivity index (χ0) is 11.4. The molecule has 88 valence electrons. The molecule has 0 atom stereocenters. The van der Waals surface area contributed by atoms with Crippen LogP contribution >= 0.6 is 0 Å². The highest BCUT2D eigenvalue weighted by atomic mass is 16.1. The van der Waals surface area contributed by atoms with Gasteiger partial charge in [-0.25, -0.2) is 0 Å². The van der Waals surface area contributed by atoms with Crippen LogP contribution < -0.4 is 0 Å². The molecule has 15 heavy (non-hydrogen) atoms. The van der Waals surface area contributed by atoms with Crippen molar-refractivity contribution in [1.82, 2.24) is 0 Å². The third-order valence-electron chi connectivity index (χ3n) is 2.54. The SMILES string of the molecule is CCCCCCCC=CCCCC(C)=O. The van der Waals surface area contributed by atoms with Crippen LogP contribution in [0.3, 0.4) is 0 Å². The van der Waals surface area contributed by atoms with Gasteiger partial charge in [0.1, 0.15) is 5.78 Å². The lowest BCUT2D eigenvalue weighted by molar-refractivity contribution is -0.117. The van der Waals surface area contributed by atoms with E-state index in [0.29, 0.717) is 5.78 Å². The molecule has 0 aliphatic heterocycles. The van der Waals surface area contributed by atoms with Crippen molar-refractivity contribution in [2.75, 3.05) is 0 Å². The molecule has 0 fully saturated rings. The van der Waals surface area contributed by atoms with Crippen molar-refractivity contribution in [3.63, 3.8) is 0 Å². The van der Waals surface area contributed by atoms with Crippen molar-refractivity contribution < 1.29 is 4.79 Å². The van der Waals surface area contributed by atoms with Gasteiger partial charge in [0.2, 0.25) is 0 Å². The molecule has 0 aromatic heterocycles. The Labute approximate surface area is 95.0 Å². The Morgan fingerprint density at radius 1 is 0.933 bits per heavy atom. The van der Waals surface area contributed by atoms with E-state index < -0.39 is 0 Å². The maximum atomic E-state index is 10.7. The molecule has 1 heteroatoms. The zero-order valence-electron chi connectivity index (χ0n) is 10.4. The minimum Gasteiger partial charge on any atom is -0.300 e. The molecule has 0 aliphatic carbocycles. The molecule has 1 nitrogen and oxygen atoms in total. The average Bonchev–Trinajstić information content (AvgIpc) is 2.20. The topological polar surface area (TPSA) is 17.1 Å². The van der Waals surface area contributed by atoms with E-state index >= 15 is 0 Å². The third kappa shape index (κ3) is 13.4. The lowest BCUT2D eigenvalue weighted by Gasteiger charge is -1.96. The molecule has 0 saturated heterocycles. The summed E-state index contributed by atoms with van der Waals surface area (Å²) in [4.78, 5) is 10.7. The number of hydrogen-bond donors (Lipinski definition) is 0. The molecule has 0 saturated carbocycles. The van der Waals surface area contributed by atoms with Crippen LogP contribution in [-0.4, -0.2) is 5.78 Å². The summed E-state index contributed by atoms with van der Waals surface area (Å²) in [7, 11) is 0. The van der Waals surface area contributed by atoms with E-state index in [1.807, 2.05) is 0 Å². The van der Waals surface area contributed by atoms with Gasteiger partial charge in [-0.1, -0.05) is 44.8 Å². The Balaban J connectivity index is 3.07. The van der Waals surface area contributed by atoms with Gasteiger partial charge >= 0.3 is 0 Å². The highest BCUT2D eigenvalue weighted by Crippen LogP contribution is 2.06. The van der Waals surface area contributed by atoms with E-state index in [0.717, 1.165) is 19.3 Å². The van der Waals surface area contributed by atoms with E-state index in [9.17, 15) is 4.79 Å². The molecule has 0 spiro atoms. The molecule has 0 unspecified atom stereocenters. The highest BCUT2D eigenvalue weighted by Gasteiger charge is 1.90. The minimum atomic E-state index is 0.308. The number of rotatable bonds is 10. The molecule has 0 aromatic carbocycles. The second-order valence-corrected chi connectivity index (χ2v) is 4.27. The Bertz CT molecular complexity index is 170. The van der Waals surface area contributed by atoms with Gasteiger partial charge in [0, 0.05) is 6.42 Å².